The molecule has 0 radical (unpaired) electrons. The molecule has 0 aliphatic rings. The summed E-state index contributed by atoms with van der Waals surface area (Å²) in [4.78, 5) is 12.0. The van der Waals surface area contributed by atoms with Gasteiger partial charge in [0.1, 0.15) is 0 Å². The van der Waals surface area contributed by atoms with E-state index in [9.17, 15) is 4.79 Å². The Morgan fingerprint density at radius 2 is 1.08 bits per heavy atom. The van der Waals surface area contributed by atoms with Gasteiger partial charge < -0.3 is 0 Å². The molecular weight excluding hydrogens is 327 g/mol. The zero-order valence-corrected chi connectivity index (χ0v) is 15.3. The Hall–Kier alpha value is -2.28. The van der Waals surface area contributed by atoms with Crippen molar-refractivity contribution < 1.29 is 9.53 Å². The SMILES string of the molecule is COCP(CC=O)(c1ccccc1)(c1ccccc1)c1ccccc1. The van der Waals surface area contributed by atoms with E-state index in [0.717, 1.165) is 6.29 Å². The average Bonchev–Trinajstić information content (AvgIpc) is 2.70. The van der Waals surface area contributed by atoms with Gasteiger partial charge in [-0.3, -0.25) is 0 Å². The van der Waals surface area contributed by atoms with Crippen LogP contribution in [0.4, 0.5) is 0 Å². The summed E-state index contributed by atoms with van der Waals surface area (Å²) in [5, 5.41) is 3.54. The average molecular weight is 350 g/mol. The normalized spacial score (nSPS) is 12.9. The van der Waals surface area contributed by atoms with Crippen molar-refractivity contribution in [3.8, 4) is 0 Å². The maximum atomic E-state index is 12.0. The molecule has 0 saturated carbocycles. The summed E-state index contributed by atoms with van der Waals surface area (Å²) in [7, 11) is 1.72. The van der Waals surface area contributed by atoms with Gasteiger partial charge in [0.2, 0.25) is 0 Å². The summed E-state index contributed by atoms with van der Waals surface area (Å²) in [6.45, 7) is -3.07. The molecule has 3 aromatic rings. The van der Waals surface area contributed by atoms with Crippen molar-refractivity contribution in [1.29, 1.82) is 0 Å². The van der Waals surface area contributed by atoms with Crippen LogP contribution < -0.4 is 15.9 Å². The molecule has 0 fully saturated rings. The van der Waals surface area contributed by atoms with Crippen molar-refractivity contribution in [1.82, 2.24) is 0 Å². The van der Waals surface area contributed by atoms with Crippen molar-refractivity contribution >= 4 is 28.8 Å². The van der Waals surface area contributed by atoms with Crippen molar-refractivity contribution in [3.63, 3.8) is 0 Å². The van der Waals surface area contributed by atoms with Crippen molar-refractivity contribution in [2.45, 2.75) is 0 Å². The van der Waals surface area contributed by atoms with Crippen LogP contribution in [-0.2, 0) is 9.53 Å². The van der Waals surface area contributed by atoms with Crippen molar-refractivity contribution in [2.24, 2.45) is 0 Å². The summed E-state index contributed by atoms with van der Waals surface area (Å²) < 4.78 is 5.83. The van der Waals surface area contributed by atoms with Crippen LogP contribution in [0.1, 0.15) is 0 Å². The number of aldehydes is 1. The van der Waals surface area contributed by atoms with E-state index in [1.807, 2.05) is 54.6 Å². The molecule has 0 unspecified atom stereocenters. The predicted octanol–water partition coefficient (Wildman–Crippen LogP) is 3.32. The van der Waals surface area contributed by atoms with Crippen LogP contribution in [0.25, 0.3) is 0 Å². The summed E-state index contributed by atoms with van der Waals surface area (Å²) in [6.07, 6.45) is 1.99. The monoisotopic (exact) mass is 350 g/mol. The van der Waals surface area contributed by atoms with Gasteiger partial charge in [0.15, 0.2) is 0 Å². The van der Waals surface area contributed by atoms with E-state index in [0.29, 0.717) is 12.5 Å². The second kappa shape index (κ2) is 7.31. The van der Waals surface area contributed by atoms with Crippen LogP contribution in [0, 0.1) is 0 Å². The van der Waals surface area contributed by atoms with Gasteiger partial charge in [0.25, 0.3) is 0 Å². The van der Waals surface area contributed by atoms with E-state index in [1.165, 1.54) is 15.9 Å². The van der Waals surface area contributed by atoms with E-state index >= 15 is 0 Å². The molecule has 0 saturated heterocycles. The van der Waals surface area contributed by atoms with E-state index in [-0.39, 0.29) is 0 Å². The summed E-state index contributed by atoms with van der Waals surface area (Å²) in [5.74, 6) is 0. The number of hydrogen-bond donors (Lipinski definition) is 0. The molecule has 0 amide bonds. The number of benzene rings is 3. The molecule has 0 aliphatic heterocycles. The first-order valence-corrected chi connectivity index (χ1v) is 11.0. The maximum absolute atomic E-state index is 12.0. The molecule has 2 nitrogen and oxygen atoms in total. The predicted molar refractivity (Wildman–Crippen MR) is 108 cm³/mol. The third-order valence-electron chi connectivity index (χ3n) is 5.03. The Bertz CT molecular complexity index is 717. The Morgan fingerprint density at radius 3 is 1.36 bits per heavy atom. The number of hydrogen-bond acceptors (Lipinski definition) is 2. The fourth-order valence-electron chi connectivity index (χ4n) is 3.85. The van der Waals surface area contributed by atoms with E-state index < -0.39 is 6.60 Å². The molecule has 25 heavy (non-hydrogen) atoms. The standard InChI is InChI=1S/C22H23O2P/c1-24-19-25(18-17-23,20-11-5-2-6-12-20,21-13-7-3-8-14-21)22-15-9-4-10-16-22/h2-17H,18-19H2,1H3. The molecule has 0 aliphatic carbocycles. The van der Waals surface area contributed by atoms with Crippen LogP contribution >= 0.6 is 6.60 Å². The van der Waals surface area contributed by atoms with Gasteiger partial charge >= 0.3 is 149 Å². The van der Waals surface area contributed by atoms with Crippen molar-refractivity contribution in [3.05, 3.63) is 91.0 Å². The zero-order valence-electron chi connectivity index (χ0n) is 14.4. The first-order valence-electron chi connectivity index (χ1n) is 8.38. The van der Waals surface area contributed by atoms with Gasteiger partial charge in [-0.1, -0.05) is 0 Å². The molecule has 0 spiro atoms. The van der Waals surface area contributed by atoms with E-state index in [1.54, 1.807) is 7.11 Å². The molecule has 3 heteroatoms. The zero-order chi connectivity index (χ0) is 17.6. The molecule has 3 rings (SSSR count). The molecule has 128 valence electrons. The number of ether oxygens (including phenoxy) is 1. The number of carbonyl (C=O) groups is 1. The van der Waals surface area contributed by atoms with Crippen LogP contribution in [0.5, 0.6) is 0 Å². The number of rotatable bonds is 7. The second-order valence-electron chi connectivity index (χ2n) is 6.28. The van der Waals surface area contributed by atoms with Crippen molar-refractivity contribution in [2.75, 3.05) is 19.6 Å². The molecular formula is C22H23O2P. The Balaban J connectivity index is 2.50. The minimum absolute atomic E-state index is 0.428. The molecule has 0 aromatic heterocycles. The quantitative estimate of drug-likeness (QED) is 0.483. The first-order chi connectivity index (χ1) is 12.3. The van der Waals surface area contributed by atoms with Crippen LogP contribution in [0.15, 0.2) is 91.0 Å². The fourth-order valence-corrected chi connectivity index (χ4v) is 9.51. The van der Waals surface area contributed by atoms with Crippen LogP contribution in [0.2, 0.25) is 0 Å². The molecule has 3 aromatic carbocycles. The molecule has 0 heterocycles. The van der Waals surface area contributed by atoms with Gasteiger partial charge in [-0.15, -0.1) is 0 Å². The fraction of sp³-hybridized carbons (Fsp3) is 0.136. The Kier molecular flexibility index (Phi) is 5.13. The minimum atomic E-state index is -3.07. The molecule has 0 bridgehead atoms. The number of carbonyl (C=O) groups excluding carboxylic acids is 1. The van der Waals surface area contributed by atoms with Gasteiger partial charge in [-0.05, 0) is 0 Å². The van der Waals surface area contributed by atoms with Gasteiger partial charge in [-0.2, -0.15) is 0 Å². The summed E-state index contributed by atoms with van der Waals surface area (Å²) in [6, 6.07) is 31.1. The first kappa shape index (κ1) is 17.5. The van der Waals surface area contributed by atoms with Gasteiger partial charge in [0, 0.05) is 0 Å². The summed E-state index contributed by atoms with van der Waals surface area (Å²) in [5.41, 5.74) is 0. The Morgan fingerprint density at radius 1 is 0.720 bits per heavy atom. The van der Waals surface area contributed by atoms with Crippen LogP contribution in [0.3, 0.4) is 0 Å². The summed E-state index contributed by atoms with van der Waals surface area (Å²) >= 11 is 0. The van der Waals surface area contributed by atoms with E-state index in [2.05, 4.69) is 36.4 Å². The third kappa shape index (κ3) is 2.72. The topological polar surface area (TPSA) is 26.3 Å². The van der Waals surface area contributed by atoms with Crippen LogP contribution in [-0.4, -0.2) is 25.9 Å². The molecule has 0 N–H and O–H groups in total. The number of methoxy groups -OCH3 is 1. The van der Waals surface area contributed by atoms with E-state index in [4.69, 9.17) is 4.74 Å². The molecule has 0 atom stereocenters. The Labute approximate surface area is 149 Å². The third-order valence-corrected chi connectivity index (χ3v) is 11.4. The van der Waals surface area contributed by atoms with Gasteiger partial charge in [0.05, 0.1) is 0 Å². The van der Waals surface area contributed by atoms with Gasteiger partial charge in [-0.25, -0.2) is 0 Å². The second-order valence-corrected chi connectivity index (χ2v) is 11.5.